The summed E-state index contributed by atoms with van der Waals surface area (Å²) in [5.74, 6) is -0.673. The molecule has 0 saturated heterocycles. The van der Waals surface area contributed by atoms with Gasteiger partial charge in [0.15, 0.2) is 9.84 Å². The molecule has 0 atom stereocenters. The zero-order chi connectivity index (χ0) is 16.6. The molecule has 0 fully saturated rings. The van der Waals surface area contributed by atoms with E-state index in [-0.39, 0.29) is 4.90 Å². The smallest absolute Gasteiger partial charge is 0.178 e. The Labute approximate surface area is 136 Å². The predicted molar refractivity (Wildman–Crippen MR) is 91.4 cm³/mol. The van der Waals surface area contributed by atoms with Crippen LogP contribution in [0.25, 0.3) is 11.1 Å². The minimum atomic E-state index is -3.54. The summed E-state index contributed by atoms with van der Waals surface area (Å²) in [7, 11) is -3.54. The lowest BCUT2D eigenvalue weighted by molar-refractivity contribution is 0.570. The van der Waals surface area contributed by atoms with Crippen LogP contribution in [0.4, 0.5) is 4.39 Å². The van der Waals surface area contributed by atoms with E-state index >= 15 is 0 Å². The fraction of sp³-hybridized carbons (Fsp3) is 0.263. The molecule has 0 amide bonds. The van der Waals surface area contributed by atoms with Crippen molar-refractivity contribution in [3.05, 3.63) is 65.0 Å². The molecule has 0 N–H and O–H groups in total. The van der Waals surface area contributed by atoms with Gasteiger partial charge in [-0.1, -0.05) is 35.9 Å². The number of benzene rings is 2. The van der Waals surface area contributed by atoms with E-state index in [9.17, 15) is 12.8 Å². The van der Waals surface area contributed by atoms with Gasteiger partial charge in [0.1, 0.15) is 10.7 Å². The molecule has 2 aromatic carbocycles. The van der Waals surface area contributed by atoms with Crippen molar-refractivity contribution in [3.8, 4) is 0 Å². The minimum absolute atomic E-state index is 0.239. The van der Waals surface area contributed by atoms with Crippen LogP contribution >= 0.6 is 0 Å². The molecule has 0 spiro atoms. The van der Waals surface area contributed by atoms with E-state index in [2.05, 4.69) is 24.3 Å². The lowest BCUT2D eigenvalue weighted by atomic mass is 9.96. The third-order valence-corrected chi connectivity index (χ3v) is 5.43. The Morgan fingerprint density at radius 1 is 0.913 bits per heavy atom. The highest BCUT2D eigenvalue weighted by Crippen LogP contribution is 2.40. The second-order valence-corrected chi connectivity index (χ2v) is 8.08. The number of rotatable bonds is 3. The van der Waals surface area contributed by atoms with Gasteiger partial charge < -0.3 is 0 Å². The normalized spacial score (nSPS) is 15.3. The first-order valence-corrected chi connectivity index (χ1v) is 9.54. The summed E-state index contributed by atoms with van der Waals surface area (Å²) in [4.78, 5) is -0.239. The summed E-state index contributed by atoms with van der Waals surface area (Å²) >= 11 is 0. The van der Waals surface area contributed by atoms with Crippen molar-refractivity contribution in [2.45, 2.75) is 31.1 Å². The van der Waals surface area contributed by atoms with Crippen LogP contribution in [0.5, 0.6) is 0 Å². The maximum atomic E-state index is 14.2. The predicted octanol–water partition coefficient (Wildman–Crippen LogP) is 4.63. The molecule has 1 aliphatic carbocycles. The van der Waals surface area contributed by atoms with Gasteiger partial charge in [0.25, 0.3) is 0 Å². The van der Waals surface area contributed by atoms with E-state index in [1.807, 2.05) is 6.92 Å². The third-order valence-electron chi connectivity index (χ3n) is 4.30. The first-order chi connectivity index (χ1) is 10.9. The number of sulfone groups is 1. The summed E-state index contributed by atoms with van der Waals surface area (Å²) in [6.45, 7) is 2.05. The van der Waals surface area contributed by atoms with E-state index in [1.165, 1.54) is 23.3 Å². The second kappa shape index (κ2) is 5.93. The fourth-order valence-electron chi connectivity index (χ4n) is 3.12. The van der Waals surface area contributed by atoms with Crippen molar-refractivity contribution in [3.63, 3.8) is 0 Å². The van der Waals surface area contributed by atoms with Gasteiger partial charge in [-0.25, -0.2) is 12.8 Å². The first kappa shape index (κ1) is 15.9. The molecule has 0 radical (unpaired) electrons. The van der Waals surface area contributed by atoms with Crippen molar-refractivity contribution >= 4 is 21.0 Å². The van der Waals surface area contributed by atoms with Gasteiger partial charge in [0.05, 0.1) is 0 Å². The van der Waals surface area contributed by atoms with Crippen molar-refractivity contribution in [1.82, 2.24) is 0 Å². The SMILES string of the molecule is Cc1ccc(C2=C(c3ccc(S(C)(=O)=O)c(F)c3)CCC2)cc1. The molecule has 0 aromatic heterocycles. The van der Waals surface area contributed by atoms with Crippen LogP contribution in [0.3, 0.4) is 0 Å². The summed E-state index contributed by atoms with van der Waals surface area (Å²) in [5.41, 5.74) is 5.50. The van der Waals surface area contributed by atoms with Gasteiger partial charge in [-0.15, -0.1) is 0 Å². The van der Waals surface area contributed by atoms with Crippen molar-refractivity contribution in [2.24, 2.45) is 0 Å². The molecular formula is C19H19FO2S. The lowest BCUT2D eigenvalue weighted by Crippen LogP contribution is -2.01. The molecule has 0 bridgehead atoms. The van der Waals surface area contributed by atoms with Crippen LogP contribution in [0.1, 0.15) is 36.0 Å². The summed E-state index contributed by atoms with van der Waals surface area (Å²) < 4.78 is 37.3. The molecule has 1 aliphatic rings. The second-order valence-electron chi connectivity index (χ2n) is 6.09. The quantitative estimate of drug-likeness (QED) is 0.822. The zero-order valence-corrected chi connectivity index (χ0v) is 14.1. The molecule has 0 unspecified atom stereocenters. The maximum absolute atomic E-state index is 14.2. The van der Waals surface area contributed by atoms with Crippen LogP contribution in [0.2, 0.25) is 0 Å². The largest absolute Gasteiger partial charge is 0.224 e. The Balaban J connectivity index is 2.07. The summed E-state index contributed by atoms with van der Waals surface area (Å²) in [6.07, 6.45) is 3.92. The Kier molecular flexibility index (Phi) is 4.11. The van der Waals surface area contributed by atoms with Gasteiger partial charge >= 0.3 is 0 Å². The van der Waals surface area contributed by atoms with Gasteiger partial charge in [0.2, 0.25) is 0 Å². The van der Waals surface area contributed by atoms with E-state index in [4.69, 9.17) is 0 Å². The van der Waals surface area contributed by atoms with E-state index in [0.29, 0.717) is 0 Å². The number of hydrogen-bond donors (Lipinski definition) is 0. The molecule has 2 nitrogen and oxygen atoms in total. The Morgan fingerprint density at radius 3 is 2.04 bits per heavy atom. The highest BCUT2D eigenvalue weighted by molar-refractivity contribution is 7.90. The molecule has 0 heterocycles. The molecule has 2 aromatic rings. The van der Waals surface area contributed by atoms with Crippen LogP contribution in [-0.4, -0.2) is 14.7 Å². The van der Waals surface area contributed by atoms with Gasteiger partial charge in [-0.3, -0.25) is 0 Å². The standard InChI is InChI=1S/C19H19FO2S/c1-13-6-8-14(9-7-13)16-4-3-5-17(16)15-10-11-19(18(20)12-15)23(2,21)22/h6-12H,3-5H2,1-2H3. The fourth-order valence-corrected chi connectivity index (χ4v) is 3.85. The van der Waals surface area contributed by atoms with E-state index < -0.39 is 15.7 Å². The highest BCUT2D eigenvalue weighted by atomic mass is 32.2. The first-order valence-electron chi connectivity index (χ1n) is 7.65. The van der Waals surface area contributed by atoms with E-state index in [1.54, 1.807) is 6.07 Å². The Hall–Kier alpha value is -1.94. The summed E-state index contributed by atoms with van der Waals surface area (Å²) in [5, 5.41) is 0. The lowest BCUT2D eigenvalue weighted by Gasteiger charge is -2.10. The van der Waals surface area contributed by atoms with Crippen LogP contribution < -0.4 is 0 Å². The summed E-state index contributed by atoms with van der Waals surface area (Å²) in [6, 6.07) is 12.8. The van der Waals surface area contributed by atoms with Crippen molar-refractivity contribution in [2.75, 3.05) is 6.26 Å². The monoisotopic (exact) mass is 330 g/mol. The van der Waals surface area contributed by atoms with Crippen LogP contribution in [0, 0.1) is 12.7 Å². The number of halogens is 1. The minimum Gasteiger partial charge on any atom is -0.224 e. The van der Waals surface area contributed by atoms with Gasteiger partial charge in [0, 0.05) is 6.26 Å². The zero-order valence-electron chi connectivity index (χ0n) is 13.3. The molecule has 0 saturated carbocycles. The molecule has 3 rings (SSSR count). The molecule has 120 valence electrons. The van der Waals surface area contributed by atoms with Gasteiger partial charge in [-0.2, -0.15) is 0 Å². The third kappa shape index (κ3) is 3.22. The topological polar surface area (TPSA) is 34.1 Å². The van der Waals surface area contributed by atoms with E-state index in [0.717, 1.165) is 42.2 Å². The molecule has 0 aliphatic heterocycles. The highest BCUT2D eigenvalue weighted by Gasteiger charge is 2.20. The van der Waals surface area contributed by atoms with Crippen molar-refractivity contribution in [1.29, 1.82) is 0 Å². The Morgan fingerprint density at radius 2 is 1.48 bits per heavy atom. The molecule has 4 heteroatoms. The average molecular weight is 330 g/mol. The average Bonchev–Trinajstić information content (AvgIpc) is 2.96. The molecule has 23 heavy (non-hydrogen) atoms. The number of hydrogen-bond acceptors (Lipinski definition) is 2. The van der Waals surface area contributed by atoms with Crippen LogP contribution in [0.15, 0.2) is 47.4 Å². The molecular weight excluding hydrogens is 311 g/mol. The Bertz CT molecular complexity index is 878. The number of aryl methyl sites for hydroxylation is 1. The van der Waals surface area contributed by atoms with Crippen LogP contribution in [-0.2, 0) is 9.84 Å². The number of allylic oxidation sites excluding steroid dienone is 2. The van der Waals surface area contributed by atoms with Gasteiger partial charge in [-0.05, 0) is 60.6 Å². The maximum Gasteiger partial charge on any atom is 0.178 e. The van der Waals surface area contributed by atoms with Crippen molar-refractivity contribution < 1.29 is 12.8 Å².